The molecule has 0 saturated carbocycles. The number of nitrogens with one attached hydrogen (secondary N) is 2. The number of rotatable bonds is 6. The molecule has 1 amide bonds. The number of nitrogens with zero attached hydrogens (tertiary/aromatic N) is 1. The molecule has 0 aliphatic heterocycles. The van der Waals surface area contributed by atoms with Gasteiger partial charge >= 0.3 is 12.1 Å². The number of nitro benzene ring substituents is 1. The average Bonchev–Trinajstić information content (AvgIpc) is 2.49. The lowest BCUT2D eigenvalue weighted by Crippen LogP contribution is -2.43. The van der Waals surface area contributed by atoms with E-state index in [1.807, 2.05) is 0 Å². The van der Waals surface area contributed by atoms with Crippen LogP contribution in [0.5, 0.6) is 0 Å². The fraction of sp³-hybridized carbons (Fsp3) is 0.500. The van der Waals surface area contributed by atoms with Crippen LogP contribution in [0.3, 0.4) is 0 Å². The Labute approximate surface area is 153 Å². The Morgan fingerprint density at radius 3 is 2.33 bits per heavy atom. The summed E-state index contributed by atoms with van der Waals surface area (Å²) < 4.78 is 42.9. The Morgan fingerprint density at radius 1 is 1.26 bits per heavy atom. The fourth-order valence-corrected chi connectivity index (χ4v) is 1.99. The Hall–Kier alpha value is -2.85. The highest BCUT2D eigenvalue weighted by Gasteiger charge is 2.33. The second kappa shape index (κ2) is 8.23. The summed E-state index contributed by atoms with van der Waals surface area (Å²) in [6, 6.07) is 0.751. The first-order chi connectivity index (χ1) is 12.2. The third kappa shape index (κ3) is 7.12. The van der Waals surface area contributed by atoms with Crippen LogP contribution < -0.4 is 10.6 Å². The van der Waals surface area contributed by atoms with Crippen molar-refractivity contribution in [3.63, 3.8) is 0 Å². The summed E-state index contributed by atoms with van der Waals surface area (Å²) in [5.74, 6) is -1.43. The van der Waals surface area contributed by atoms with Gasteiger partial charge in [0, 0.05) is 11.6 Å². The first-order valence-electron chi connectivity index (χ1n) is 7.80. The lowest BCUT2D eigenvalue weighted by atomic mass is 10.1. The molecule has 1 aromatic carbocycles. The molecule has 0 aliphatic carbocycles. The van der Waals surface area contributed by atoms with Crippen molar-refractivity contribution in [1.82, 2.24) is 5.32 Å². The molecule has 1 aromatic rings. The van der Waals surface area contributed by atoms with Gasteiger partial charge in [0.25, 0.3) is 11.6 Å². The van der Waals surface area contributed by atoms with E-state index in [-0.39, 0.29) is 5.69 Å². The molecule has 0 aliphatic rings. The maximum atomic E-state index is 12.7. The molecule has 27 heavy (non-hydrogen) atoms. The number of esters is 1. The van der Waals surface area contributed by atoms with Crippen LogP contribution in [0.4, 0.5) is 24.5 Å². The van der Waals surface area contributed by atoms with Gasteiger partial charge < -0.3 is 15.4 Å². The molecule has 1 rings (SSSR count). The molecule has 0 radical (unpaired) electrons. The van der Waals surface area contributed by atoms with Gasteiger partial charge in [0.05, 0.1) is 10.5 Å². The zero-order chi connectivity index (χ0) is 21.0. The van der Waals surface area contributed by atoms with Crippen molar-refractivity contribution < 1.29 is 32.4 Å². The number of carbonyl (C=O) groups excluding carboxylic acids is 2. The van der Waals surface area contributed by atoms with Gasteiger partial charge in [0.2, 0.25) is 0 Å². The zero-order valence-corrected chi connectivity index (χ0v) is 15.1. The Morgan fingerprint density at radius 2 is 1.85 bits per heavy atom. The zero-order valence-electron chi connectivity index (χ0n) is 15.1. The van der Waals surface area contributed by atoms with Crippen molar-refractivity contribution in [2.45, 2.75) is 45.5 Å². The van der Waals surface area contributed by atoms with Crippen LogP contribution in [0.15, 0.2) is 18.2 Å². The van der Waals surface area contributed by atoms with Crippen LogP contribution in [-0.4, -0.2) is 35.0 Å². The van der Waals surface area contributed by atoms with Crippen LogP contribution in [0.25, 0.3) is 0 Å². The first-order valence-corrected chi connectivity index (χ1v) is 7.80. The lowest BCUT2D eigenvalue weighted by molar-refractivity contribution is -0.384. The van der Waals surface area contributed by atoms with Crippen molar-refractivity contribution in [2.24, 2.45) is 0 Å². The highest BCUT2D eigenvalue weighted by molar-refractivity contribution is 5.84. The summed E-state index contributed by atoms with van der Waals surface area (Å²) >= 11 is 0. The Kier molecular flexibility index (Phi) is 6.76. The number of carbonyl (C=O) groups is 2. The van der Waals surface area contributed by atoms with Gasteiger partial charge in [-0.25, -0.2) is 4.79 Å². The Balaban J connectivity index is 2.81. The van der Waals surface area contributed by atoms with E-state index < -0.39 is 52.4 Å². The van der Waals surface area contributed by atoms with Gasteiger partial charge in [-0.1, -0.05) is 0 Å². The topological polar surface area (TPSA) is 111 Å². The third-order valence-electron chi connectivity index (χ3n) is 3.11. The normalized spacial score (nSPS) is 12.9. The van der Waals surface area contributed by atoms with Gasteiger partial charge in [-0.2, -0.15) is 13.2 Å². The van der Waals surface area contributed by atoms with E-state index in [0.717, 1.165) is 6.07 Å². The quantitative estimate of drug-likeness (QED) is 0.438. The van der Waals surface area contributed by atoms with Gasteiger partial charge in [0.15, 0.2) is 6.61 Å². The number of hydrogen-bond donors (Lipinski definition) is 2. The van der Waals surface area contributed by atoms with E-state index in [1.165, 1.54) is 6.92 Å². The largest absolute Gasteiger partial charge is 0.454 e. The summed E-state index contributed by atoms with van der Waals surface area (Å²) in [6.45, 7) is 5.95. The molecule has 150 valence electrons. The van der Waals surface area contributed by atoms with Crippen molar-refractivity contribution in [2.75, 3.05) is 11.9 Å². The molecular formula is C16H20F3N3O5. The third-order valence-corrected chi connectivity index (χ3v) is 3.11. The number of halogens is 3. The van der Waals surface area contributed by atoms with Gasteiger partial charge in [-0.05, 0) is 39.8 Å². The van der Waals surface area contributed by atoms with Crippen LogP contribution in [0, 0.1) is 10.1 Å². The number of anilines is 1. The van der Waals surface area contributed by atoms with E-state index in [9.17, 15) is 32.9 Å². The second-order valence-corrected chi connectivity index (χ2v) is 6.76. The maximum absolute atomic E-state index is 12.7. The minimum absolute atomic E-state index is 0.281. The number of alkyl halides is 3. The van der Waals surface area contributed by atoms with Crippen LogP contribution in [0.1, 0.15) is 33.3 Å². The summed E-state index contributed by atoms with van der Waals surface area (Å²) in [4.78, 5) is 33.6. The van der Waals surface area contributed by atoms with Crippen LogP contribution in [-0.2, 0) is 20.5 Å². The summed E-state index contributed by atoms with van der Waals surface area (Å²) in [5, 5.41) is 16.0. The number of amides is 1. The van der Waals surface area contributed by atoms with Gasteiger partial charge in [-0.15, -0.1) is 0 Å². The minimum Gasteiger partial charge on any atom is -0.454 e. The highest BCUT2D eigenvalue weighted by atomic mass is 19.4. The molecule has 0 saturated heterocycles. The number of ether oxygens (including phenoxy) is 1. The second-order valence-electron chi connectivity index (χ2n) is 6.76. The number of benzene rings is 1. The Bertz CT molecular complexity index is 729. The first kappa shape index (κ1) is 22.2. The highest BCUT2D eigenvalue weighted by Crippen LogP contribution is 2.35. The molecule has 0 aromatic heterocycles. The molecule has 8 nitrogen and oxygen atoms in total. The average molecular weight is 391 g/mol. The molecule has 0 bridgehead atoms. The molecule has 0 spiro atoms. The van der Waals surface area contributed by atoms with Crippen molar-refractivity contribution >= 4 is 23.3 Å². The van der Waals surface area contributed by atoms with Crippen molar-refractivity contribution in [1.29, 1.82) is 0 Å². The van der Waals surface area contributed by atoms with Crippen molar-refractivity contribution in [3.05, 3.63) is 33.9 Å². The number of nitro groups is 1. The van der Waals surface area contributed by atoms with Crippen LogP contribution in [0.2, 0.25) is 0 Å². The summed E-state index contributed by atoms with van der Waals surface area (Å²) in [5.41, 5.74) is -2.82. The molecule has 0 heterocycles. The van der Waals surface area contributed by atoms with E-state index in [4.69, 9.17) is 4.74 Å². The van der Waals surface area contributed by atoms with Gasteiger partial charge in [0.1, 0.15) is 11.7 Å². The molecule has 2 N–H and O–H groups in total. The predicted octanol–water partition coefficient (Wildman–Crippen LogP) is 2.87. The number of hydrogen-bond acceptors (Lipinski definition) is 6. The van der Waals surface area contributed by atoms with E-state index in [0.29, 0.717) is 12.1 Å². The standard InChI is InChI=1S/C16H20F3N3O5/c1-9(14(24)27-8-13(23)21-15(2,3)4)20-11-6-5-10(16(17,18)19)7-12(11)22(25)26/h5-7,9,20H,8H2,1-4H3,(H,21,23). The summed E-state index contributed by atoms with van der Waals surface area (Å²) in [7, 11) is 0. The smallest absolute Gasteiger partial charge is 0.416 e. The predicted molar refractivity (Wildman–Crippen MR) is 90.0 cm³/mol. The summed E-state index contributed by atoms with van der Waals surface area (Å²) in [6.07, 6.45) is -4.74. The monoisotopic (exact) mass is 391 g/mol. The molecular weight excluding hydrogens is 371 g/mol. The maximum Gasteiger partial charge on any atom is 0.416 e. The molecule has 11 heteroatoms. The SMILES string of the molecule is CC(Nc1ccc(C(F)(F)F)cc1[N+](=O)[O-])C(=O)OCC(=O)NC(C)(C)C. The molecule has 0 fully saturated rings. The minimum atomic E-state index is -4.74. The van der Waals surface area contributed by atoms with Crippen LogP contribution >= 0.6 is 0 Å². The van der Waals surface area contributed by atoms with E-state index in [2.05, 4.69) is 10.6 Å². The fourth-order valence-electron chi connectivity index (χ4n) is 1.99. The molecule has 1 unspecified atom stereocenters. The van der Waals surface area contributed by atoms with Crippen molar-refractivity contribution in [3.8, 4) is 0 Å². The van der Waals surface area contributed by atoms with E-state index >= 15 is 0 Å². The van der Waals surface area contributed by atoms with E-state index in [1.54, 1.807) is 20.8 Å². The molecule has 1 atom stereocenters. The lowest BCUT2D eigenvalue weighted by Gasteiger charge is -2.21. The van der Waals surface area contributed by atoms with Gasteiger partial charge in [-0.3, -0.25) is 14.9 Å².